The molecule has 0 aliphatic carbocycles. The van der Waals surface area contributed by atoms with Gasteiger partial charge < -0.3 is 20.7 Å². The van der Waals surface area contributed by atoms with Crippen LogP contribution in [0.5, 0.6) is 0 Å². The van der Waals surface area contributed by atoms with E-state index in [1.165, 1.54) is 5.56 Å². The normalized spacial score (nSPS) is 15.1. The Hall–Kier alpha value is -2.64. The third-order valence-corrected chi connectivity index (χ3v) is 5.56. The number of nitrogens with one attached hydrogen (secondary N) is 1. The summed E-state index contributed by atoms with van der Waals surface area (Å²) in [5.74, 6) is 0.0872. The van der Waals surface area contributed by atoms with Crippen molar-refractivity contribution in [2.24, 2.45) is 5.73 Å². The van der Waals surface area contributed by atoms with Crippen LogP contribution in [-0.2, 0) is 11.2 Å². The van der Waals surface area contributed by atoms with Crippen molar-refractivity contribution in [2.45, 2.75) is 39.2 Å². The van der Waals surface area contributed by atoms with Gasteiger partial charge in [-0.15, -0.1) is 0 Å². The lowest BCUT2D eigenvalue weighted by molar-refractivity contribution is 0.0518. The lowest BCUT2D eigenvalue weighted by atomic mass is 10.0. The van der Waals surface area contributed by atoms with E-state index in [1.807, 2.05) is 43.9 Å². The van der Waals surface area contributed by atoms with Crippen molar-refractivity contribution < 1.29 is 14.3 Å². The van der Waals surface area contributed by atoms with E-state index in [4.69, 9.17) is 10.5 Å². The van der Waals surface area contributed by atoms with Gasteiger partial charge in [0.25, 0.3) is 5.91 Å². The lowest BCUT2D eigenvalue weighted by Crippen LogP contribution is -2.49. The Morgan fingerprint density at radius 3 is 2.41 bits per heavy atom. The highest BCUT2D eigenvalue weighted by molar-refractivity contribution is 5.98. The predicted molar refractivity (Wildman–Crippen MR) is 128 cm³/mol. The van der Waals surface area contributed by atoms with Gasteiger partial charge in [0, 0.05) is 38.3 Å². The second-order valence-corrected chi connectivity index (χ2v) is 9.35. The molecule has 0 bridgehead atoms. The Kier molecular flexibility index (Phi) is 8.10. The standard InChI is InChI=1S/C25H36N4O3/c1-25(2,3)32-24(31)27-11-4-12-28-13-15-29(16-14-28)23(30)22-8-7-20-17-19(9-10-26)5-6-21(20)18-22/h5-8,17-18H,4,9-16,26H2,1-3H3,(H,27,31). The van der Waals surface area contributed by atoms with E-state index in [9.17, 15) is 9.59 Å². The van der Waals surface area contributed by atoms with Crippen molar-refractivity contribution in [3.8, 4) is 0 Å². The van der Waals surface area contributed by atoms with Crippen molar-refractivity contribution in [2.75, 3.05) is 45.8 Å². The molecular weight excluding hydrogens is 404 g/mol. The van der Waals surface area contributed by atoms with E-state index >= 15 is 0 Å². The van der Waals surface area contributed by atoms with Crippen molar-refractivity contribution in [1.82, 2.24) is 15.1 Å². The van der Waals surface area contributed by atoms with Crippen LogP contribution < -0.4 is 11.1 Å². The topological polar surface area (TPSA) is 87.9 Å². The number of fused-ring (bicyclic) bond motifs is 1. The molecule has 32 heavy (non-hydrogen) atoms. The molecule has 0 radical (unpaired) electrons. The highest BCUT2D eigenvalue weighted by Crippen LogP contribution is 2.20. The Labute approximate surface area is 190 Å². The first kappa shape index (κ1) is 24.0. The molecule has 1 fully saturated rings. The van der Waals surface area contributed by atoms with Gasteiger partial charge >= 0.3 is 6.09 Å². The summed E-state index contributed by atoms with van der Waals surface area (Å²) in [7, 11) is 0. The predicted octanol–water partition coefficient (Wildman–Crippen LogP) is 3.01. The average molecular weight is 441 g/mol. The van der Waals surface area contributed by atoms with Gasteiger partial charge in [0.2, 0.25) is 0 Å². The quantitative estimate of drug-likeness (QED) is 0.646. The molecule has 174 valence electrons. The highest BCUT2D eigenvalue weighted by Gasteiger charge is 2.22. The number of nitrogens with zero attached hydrogens (tertiary/aromatic N) is 2. The molecule has 1 saturated heterocycles. The second-order valence-electron chi connectivity index (χ2n) is 9.35. The maximum absolute atomic E-state index is 13.0. The number of carbonyl (C=O) groups excluding carboxylic acids is 2. The van der Waals surface area contributed by atoms with Crippen LogP contribution in [0.15, 0.2) is 36.4 Å². The third-order valence-electron chi connectivity index (χ3n) is 5.56. The van der Waals surface area contributed by atoms with Crippen molar-refractivity contribution in [3.63, 3.8) is 0 Å². The summed E-state index contributed by atoms with van der Waals surface area (Å²) in [4.78, 5) is 29.0. The van der Waals surface area contributed by atoms with E-state index in [1.54, 1.807) is 0 Å². The summed E-state index contributed by atoms with van der Waals surface area (Å²) in [6, 6.07) is 12.2. The summed E-state index contributed by atoms with van der Waals surface area (Å²) in [6.07, 6.45) is 1.33. The van der Waals surface area contributed by atoms with Crippen molar-refractivity contribution in [3.05, 3.63) is 47.5 Å². The van der Waals surface area contributed by atoms with Crippen LogP contribution in [0.3, 0.4) is 0 Å². The fourth-order valence-corrected chi connectivity index (χ4v) is 3.91. The molecule has 7 heteroatoms. The van der Waals surface area contributed by atoms with Crippen molar-refractivity contribution in [1.29, 1.82) is 0 Å². The molecule has 7 nitrogen and oxygen atoms in total. The van der Waals surface area contributed by atoms with Crippen LogP contribution in [0.4, 0.5) is 4.79 Å². The zero-order chi connectivity index (χ0) is 23.1. The molecule has 0 spiro atoms. The monoisotopic (exact) mass is 440 g/mol. The van der Waals surface area contributed by atoms with Gasteiger partial charge in [-0.3, -0.25) is 9.69 Å². The number of hydrogen-bond acceptors (Lipinski definition) is 5. The summed E-state index contributed by atoms with van der Waals surface area (Å²) in [6.45, 7) is 10.8. The number of benzene rings is 2. The van der Waals surface area contributed by atoms with Gasteiger partial charge in [-0.2, -0.15) is 0 Å². The van der Waals surface area contributed by atoms with E-state index in [2.05, 4.69) is 28.4 Å². The summed E-state index contributed by atoms with van der Waals surface area (Å²) >= 11 is 0. The average Bonchev–Trinajstić information content (AvgIpc) is 2.75. The molecule has 0 atom stereocenters. The number of piperazine rings is 1. The zero-order valence-corrected chi connectivity index (χ0v) is 19.5. The highest BCUT2D eigenvalue weighted by atomic mass is 16.6. The minimum absolute atomic E-state index is 0.0872. The van der Waals surface area contributed by atoms with Gasteiger partial charge in [-0.25, -0.2) is 4.79 Å². The molecule has 3 rings (SSSR count). The van der Waals surface area contributed by atoms with Crippen LogP contribution in [0, 0.1) is 0 Å². The minimum Gasteiger partial charge on any atom is -0.444 e. The zero-order valence-electron chi connectivity index (χ0n) is 19.5. The van der Waals surface area contributed by atoms with Crippen LogP contribution in [0.1, 0.15) is 43.1 Å². The van der Waals surface area contributed by atoms with Gasteiger partial charge in [0.1, 0.15) is 5.60 Å². The Balaban J connectivity index is 1.44. The number of carbonyl (C=O) groups is 2. The molecule has 3 N–H and O–H groups in total. The molecule has 2 aromatic rings. The Bertz CT molecular complexity index is 930. The second kappa shape index (κ2) is 10.8. The smallest absolute Gasteiger partial charge is 0.407 e. The summed E-state index contributed by atoms with van der Waals surface area (Å²) in [5, 5.41) is 5.01. The molecule has 1 aliphatic rings. The van der Waals surface area contributed by atoms with Crippen LogP contribution in [0.2, 0.25) is 0 Å². The molecule has 1 heterocycles. The van der Waals surface area contributed by atoms with E-state index in [-0.39, 0.29) is 12.0 Å². The Morgan fingerprint density at radius 2 is 1.72 bits per heavy atom. The number of nitrogens with two attached hydrogens (primary N) is 1. The molecule has 0 saturated carbocycles. The van der Waals surface area contributed by atoms with Gasteiger partial charge in [0.05, 0.1) is 0 Å². The maximum atomic E-state index is 13.0. The molecule has 2 aromatic carbocycles. The van der Waals surface area contributed by atoms with Crippen LogP contribution in [-0.4, -0.2) is 73.2 Å². The van der Waals surface area contributed by atoms with Crippen LogP contribution >= 0.6 is 0 Å². The molecule has 2 amide bonds. The molecule has 0 unspecified atom stereocenters. The Morgan fingerprint density at radius 1 is 1.03 bits per heavy atom. The van der Waals surface area contributed by atoms with Crippen LogP contribution in [0.25, 0.3) is 10.8 Å². The lowest BCUT2D eigenvalue weighted by Gasteiger charge is -2.34. The van der Waals surface area contributed by atoms with Gasteiger partial charge in [-0.05, 0) is 75.2 Å². The summed E-state index contributed by atoms with van der Waals surface area (Å²) in [5.41, 5.74) is 7.12. The van der Waals surface area contributed by atoms with E-state index in [0.29, 0.717) is 26.2 Å². The third kappa shape index (κ3) is 6.93. The van der Waals surface area contributed by atoms with Gasteiger partial charge in [0.15, 0.2) is 0 Å². The first-order valence-corrected chi connectivity index (χ1v) is 11.5. The first-order valence-electron chi connectivity index (χ1n) is 11.5. The van der Waals surface area contributed by atoms with E-state index in [0.717, 1.165) is 48.8 Å². The number of ether oxygens (including phenoxy) is 1. The van der Waals surface area contributed by atoms with E-state index < -0.39 is 5.60 Å². The van der Waals surface area contributed by atoms with Gasteiger partial charge in [-0.1, -0.05) is 24.3 Å². The fourth-order valence-electron chi connectivity index (χ4n) is 3.91. The maximum Gasteiger partial charge on any atom is 0.407 e. The fraction of sp³-hybridized carbons (Fsp3) is 0.520. The number of amides is 2. The number of alkyl carbamates (subject to hydrolysis) is 1. The number of hydrogen-bond donors (Lipinski definition) is 2. The summed E-state index contributed by atoms with van der Waals surface area (Å²) < 4.78 is 5.24. The first-order chi connectivity index (χ1) is 15.2. The molecule has 1 aliphatic heterocycles. The van der Waals surface area contributed by atoms with Crippen molar-refractivity contribution >= 4 is 22.8 Å². The largest absolute Gasteiger partial charge is 0.444 e. The molecular formula is C25H36N4O3. The molecule has 0 aromatic heterocycles. The number of rotatable bonds is 7. The SMILES string of the molecule is CC(C)(C)OC(=O)NCCCN1CCN(C(=O)c2ccc3cc(CCN)ccc3c2)CC1. The minimum atomic E-state index is -0.481.